The van der Waals surface area contributed by atoms with Crippen molar-refractivity contribution < 1.29 is 14.3 Å². The Morgan fingerprint density at radius 2 is 2.00 bits per heavy atom. The number of aryl methyl sites for hydroxylation is 1. The van der Waals surface area contributed by atoms with Gasteiger partial charge in [0.1, 0.15) is 12.4 Å². The zero-order valence-corrected chi connectivity index (χ0v) is 11.7. The lowest BCUT2D eigenvalue weighted by Crippen LogP contribution is -2.27. The molecule has 0 unspecified atom stereocenters. The molecule has 0 bridgehead atoms. The van der Waals surface area contributed by atoms with Crippen LogP contribution in [0.3, 0.4) is 0 Å². The Balaban J connectivity index is 2.59. The van der Waals surface area contributed by atoms with Crippen LogP contribution in [0, 0.1) is 6.92 Å². The van der Waals surface area contributed by atoms with Gasteiger partial charge in [0, 0.05) is 5.69 Å². The average Bonchev–Trinajstić information content (AvgIpc) is 2.28. The van der Waals surface area contributed by atoms with Crippen molar-refractivity contribution in [2.24, 2.45) is 0 Å². The highest BCUT2D eigenvalue weighted by Crippen LogP contribution is 2.21. The summed E-state index contributed by atoms with van der Waals surface area (Å²) >= 11 is 0. The molecule has 1 N–H and O–H groups in total. The lowest BCUT2D eigenvalue weighted by atomic mass is 10.2. The number of nitrogens with one attached hydrogen (secondary N) is 1. The Labute approximate surface area is 108 Å². The van der Waals surface area contributed by atoms with E-state index >= 15 is 0 Å². The summed E-state index contributed by atoms with van der Waals surface area (Å²) in [6, 6.07) is 5.51. The van der Waals surface area contributed by atoms with Crippen molar-refractivity contribution in [3.63, 3.8) is 0 Å². The molecular weight excluding hydrogens is 230 g/mol. The Bertz CT molecular complexity index is 422. The largest absolute Gasteiger partial charge is 0.497 e. The predicted octanol–water partition coefficient (Wildman–Crippen LogP) is 2.76. The standard InChI is InChI=1S/C14H21NO3/c1-10-8-11(17-5)6-7-12(10)15-13(16)9-18-14(2,3)4/h6-8H,9H2,1-5H3,(H,15,16). The maximum Gasteiger partial charge on any atom is 0.250 e. The summed E-state index contributed by atoms with van der Waals surface area (Å²) in [7, 11) is 1.62. The molecule has 1 amide bonds. The molecule has 0 aliphatic rings. The minimum atomic E-state index is -0.313. The molecular formula is C14H21NO3. The van der Waals surface area contributed by atoms with Gasteiger partial charge in [-0.3, -0.25) is 4.79 Å². The van der Waals surface area contributed by atoms with E-state index in [0.29, 0.717) is 0 Å². The fourth-order valence-electron chi connectivity index (χ4n) is 1.37. The van der Waals surface area contributed by atoms with E-state index in [9.17, 15) is 4.79 Å². The van der Waals surface area contributed by atoms with Crippen molar-refractivity contribution in [2.45, 2.75) is 33.3 Å². The van der Waals surface area contributed by atoms with Crippen LogP contribution in [0.25, 0.3) is 0 Å². The predicted molar refractivity (Wildman–Crippen MR) is 72.1 cm³/mol. The third kappa shape index (κ3) is 4.75. The minimum absolute atomic E-state index is 0.0506. The first-order chi connectivity index (χ1) is 8.31. The van der Waals surface area contributed by atoms with Crippen molar-refractivity contribution in [3.8, 4) is 5.75 Å². The number of rotatable bonds is 4. The van der Waals surface area contributed by atoms with Gasteiger partial charge in [-0.05, 0) is 51.5 Å². The summed E-state index contributed by atoms with van der Waals surface area (Å²) in [4.78, 5) is 11.7. The van der Waals surface area contributed by atoms with Gasteiger partial charge in [0.25, 0.3) is 0 Å². The molecule has 1 rings (SSSR count). The van der Waals surface area contributed by atoms with Crippen LogP contribution >= 0.6 is 0 Å². The average molecular weight is 251 g/mol. The number of ether oxygens (including phenoxy) is 2. The molecule has 100 valence electrons. The van der Waals surface area contributed by atoms with Crippen molar-refractivity contribution in [1.29, 1.82) is 0 Å². The van der Waals surface area contributed by atoms with Gasteiger partial charge in [-0.15, -0.1) is 0 Å². The molecule has 0 saturated carbocycles. The number of anilines is 1. The molecule has 4 nitrogen and oxygen atoms in total. The van der Waals surface area contributed by atoms with E-state index in [1.807, 2.05) is 45.9 Å². The number of hydrogen-bond acceptors (Lipinski definition) is 3. The normalized spacial score (nSPS) is 11.2. The molecule has 0 aliphatic carbocycles. The van der Waals surface area contributed by atoms with Gasteiger partial charge in [-0.1, -0.05) is 0 Å². The third-order valence-corrected chi connectivity index (χ3v) is 2.34. The van der Waals surface area contributed by atoms with E-state index in [2.05, 4.69) is 5.32 Å². The zero-order chi connectivity index (χ0) is 13.8. The molecule has 0 saturated heterocycles. The smallest absolute Gasteiger partial charge is 0.250 e. The highest BCUT2D eigenvalue weighted by molar-refractivity contribution is 5.92. The van der Waals surface area contributed by atoms with Crippen LogP contribution in [0.15, 0.2) is 18.2 Å². The van der Waals surface area contributed by atoms with Crippen LogP contribution in [0.2, 0.25) is 0 Å². The quantitative estimate of drug-likeness (QED) is 0.895. The number of methoxy groups -OCH3 is 1. The fraction of sp³-hybridized carbons (Fsp3) is 0.500. The second kappa shape index (κ2) is 5.87. The monoisotopic (exact) mass is 251 g/mol. The number of amides is 1. The lowest BCUT2D eigenvalue weighted by Gasteiger charge is -2.19. The van der Waals surface area contributed by atoms with E-state index in [0.717, 1.165) is 17.0 Å². The maximum absolute atomic E-state index is 11.7. The Morgan fingerprint density at radius 3 is 2.50 bits per heavy atom. The fourth-order valence-corrected chi connectivity index (χ4v) is 1.37. The Morgan fingerprint density at radius 1 is 1.33 bits per heavy atom. The van der Waals surface area contributed by atoms with Crippen molar-refractivity contribution in [2.75, 3.05) is 19.0 Å². The first kappa shape index (κ1) is 14.5. The summed E-state index contributed by atoms with van der Waals surface area (Å²) < 4.78 is 10.5. The molecule has 1 aromatic rings. The molecule has 0 aliphatic heterocycles. The maximum atomic E-state index is 11.7. The molecule has 18 heavy (non-hydrogen) atoms. The molecule has 0 radical (unpaired) electrons. The first-order valence-corrected chi connectivity index (χ1v) is 5.90. The number of benzene rings is 1. The van der Waals surface area contributed by atoms with Crippen LogP contribution in [-0.2, 0) is 9.53 Å². The van der Waals surface area contributed by atoms with Crippen LogP contribution in [0.5, 0.6) is 5.75 Å². The van der Waals surface area contributed by atoms with Crippen LogP contribution in [0.1, 0.15) is 26.3 Å². The van der Waals surface area contributed by atoms with Gasteiger partial charge >= 0.3 is 0 Å². The first-order valence-electron chi connectivity index (χ1n) is 5.90. The molecule has 0 fully saturated rings. The van der Waals surface area contributed by atoms with E-state index in [-0.39, 0.29) is 18.1 Å². The Kier molecular flexibility index (Phi) is 4.73. The highest BCUT2D eigenvalue weighted by atomic mass is 16.5. The molecule has 0 aromatic heterocycles. The summed E-state index contributed by atoms with van der Waals surface area (Å²) in [6.07, 6.45) is 0. The van der Waals surface area contributed by atoms with Crippen molar-refractivity contribution in [3.05, 3.63) is 23.8 Å². The second-order valence-corrected chi connectivity index (χ2v) is 5.13. The Hall–Kier alpha value is -1.55. The van der Waals surface area contributed by atoms with E-state index in [4.69, 9.17) is 9.47 Å². The molecule has 0 spiro atoms. The number of hydrogen-bond donors (Lipinski definition) is 1. The van der Waals surface area contributed by atoms with Crippen LogP contribution < -0.4 is 10.1 Å². The third-order valence-electron chi connectivity index (χ3n) is 2.34. The molecule has 1 aromatic carbocycles. The van der Waals surface area contributed by atoms with E-state index in [1.165, 1.54) is 0 Å². The number of carbonyl (C=O) groups is 1. The van der Waals surface area contributed by atoms with Gasteiger partial charge in [-0.2, -0.15) is 0 Å². The highest BCUT2D eigenvalue weighted by Gasteiger charge is 2.13. The summed E-state index contributed by atoms with van der Waals surface area (Å²) in [6.45, 7) is 7.72. The topological polar surface area (TPSA) is 47.6 Å². The van der Waals surface area contributed by atoms with Crippen molar-refractivity contribution >= 4 is 11.6 Å². The van der Waals surface area contributed by atoms with Gasteiger partial charge in [0.05, 0.1) is 12.7 Å². The van der Waals surface area contributed by atoms with E-state index in [1.54, 1.807) is 7.11 Å². The van der Waals surface area contributed by atoms with Gasteiger partial charge in [-0.25, -0.2) is 0 Å². The zero-order valence-electron chi connectivity index (χ0n) is 11.7. The number of carbonyl (C=O) groups excluding carboxylic acids is 1. The van der Waals surface area contributed by atoms with Gasteiger partial charge in [0.2, 0.25) is 5.91 Å². The molecule has 0 atom stereocenters. The summed E-state index contributed by atoms with van der Waals surface area (Å²) in [5, 5.41) is 2.81. The minimum Gasteiger partial charge on any atom is -0.497 e. The van der Waals surface area contributed by atoms with Crippen LogP contribution in [-0.4, -0.2) is 25.2 Å². The van der Waals surface area contributed by atoms with Crippen LogP contribution in [0.4, 0.5) is 5.69 Å². The van der Waals surface area contributed by atoms with E-state index < -0.39 is 0 Å². The van der Waals surface area contributed by atoms with Gasteiger partial charge < -0.3 is 14.8 Å². The SMILES string of the molecule is COc1ccc(NC(=O)COC(C)(C)C)c(C)c1. The van der Waals surface area contributed by atoms with Gasteiger partial charge in [0.15, 0.2) is 0 Å². The molecule has 0 heterocycles. The summed E-state index contributed by atoms with van der Waals surface area (Å²) in [5.74, 6) is 0.620. The second-order valence-electron chi connectivity index (χ2n) is 5.13. The lowest BCUT2D eigenvalue weighted by molar-refractivity contribution is -0.125. The molecule has 4 heteroatoms. The van der Waals surface area contributed by atoms with Crippen molar-refractivity contribution in [1.82, 2.24) is 0 Å². The summed E-state index contributed by atoms with van der Waals surface area (Å²) in [5.41, 5.74) is 1.42.